The van der Waals surface area contributed by atoms with Gasteiger partial charge in [0.05, 0.1) is 5.56 Å². The number of aromatic nitrogens is 1. The van der Waals surface area contributed by atoms with Crippen LogP contribution < -0.4 is 16.2 Å². The van der Waals surface area contributed by atoms with Crippen LogP contribution in [0.5, 0.6) is 0 Å². The molecule has 9 heteroatoms. The van der Waals surface area contributed by atoms with Crippen molar-refractivity contribution in [2.24, 2.45) is 0 Å². The fraction of sp³-hybridized carbons (Fsp3) is 0.222. The Labute approximate surface area is 169 Å². The summed E-state index contributed by atoms with van der Waals surface area (Å²) in [5.74, 6) is -0.658. The second-order valence-electron chi connectivity index (χ2n) is 5.47. The smallest absolute Gasteiger partial charge is 0.269 e. The summed E-state index contributed by atoms with van der Waals surface area (Å²) >= 11 is 4.88. The van der Waals surface area contributed by atoms with E-state index in [-0.39, 0.29) is 5.91 Å². The molecule has 1 aromatic heterocycles. The first-order chi connectivity index (χ1) is 13.0. The third kappa shape index (κ3) is 6.37. The molecule has 0 saturated carbocycles. The summed E-state index contributed by atoms with van der Waals surface area (Å²) in [7, 11) is 0. The van der Waals surface area contributed by atoms with Gasteiger partial charge in [-0.25, -0.2) is 0 Å². The lowest BCUT2D eigenvalue weighted by atomic mass is 10.1. The Morgan fingerprint density at radius 1 is 1.07 bits per heavy atom. The molecule has 3 amide bonds. The molecule has 0 bridgehead atoms. The Morgan fingerprint density at radius 2 is 1.78 bits per heavy atom. The number of pyridine rings is 1. The first-order valence-electron chi connectivity index (χ1n) is 8.07. The van der Waals surface area contributed by atoms with Gasteiger partial charge in [0.25, 0.3) is 17.7 Å². The molecule has 7 nitrogen and oxygen atoms in total. The van der Waals surface area contributed by atoms with Crippen molar-refractivity contribution in [3.8, 4) is 0 Å². The van der Waals surface area contributed by atoms with E-state index in [9.17, 15) is 14.4 Å². The standard InChI is InChI=1S/C18H19BrN4O3S/c1-27-11-8-15(21-17(25)13-4-2-3-5-14(13)19)18(26)23-22-16(24)12-6-9-20-10-7-12/h2-7,9-10,15H,8,11H2,1H3,(H,21,25)(H,22,24)(H,23,26)/t15-/m1/s1. The second kappa shape index (κ2) is 10.7. The number of carbonyl (C=O) groups is 3. The van der Waals surface area contributed by atoms with Gasteiger partial charge in [-0.3, -0.25) is 30.2 Å². The molecule has 1 aromatic carbocycles. The lowest BCUT2D eigenvalue weighted by molar-refractivity contribution is -0.123. The van der Waals surface area contributed by atoms with Crippen molar-refractivity contribution in [2.75, 3.05) is 12.0 Å². The van der Waals surface area contributed by atoms with Crippen molar-refractivity contribution >= 4 is 45.4 Å². The Balaban J connectivity index is 1.99. The molecule has 1 heterocycles. The molecule has 0 aliphatic carbocycles. The average molecular weight is 451 g/mol. The van der Waals surface area contributed by atoms with Gasteiger partial charge in [0.2, 0.25) is 0 Å². The van der Waals surface area contributed by atoms with E-state index in [1.807, 2.05) is 6.26 Å². The molecule has 0 spiro atoms. The third-order valence-corrected chi connectivity index (χ3v) is 4.93. The minimum atomic E-state index is -0.783. The zero-order valence-electron chi connectivity index (χ0n) is 14.6. The molecule has 0 aliphatic rings. The van der Waals surface area contributed by atoms with E-state index in [0.717, 1.165) is 0 Å². The van der Waals surface area contributed by atoms with Crippen molar-refractivity contribution in [2.45, 2.75) is 12.5 Å². The van der Waals surface area contributed by atoms with Crippen LogP contribution in [0.4, 0.5) is 0 Å². The number of amides is 3. The van der Waals surface area contributed by atoms with Gasteiger partial charge in [0, 0.05) is 22.4 Å². The first-order valence-corrected chi connectivity index (χ1v) is 10.3. The summed E-state index contributed by atoms with van der Waals surface area (Å²) in [6.07, 6.45) is 5.30. The van der Waals surface area contributed by atoms with Gasteiger partial charge in [0.1, 0.15) is 6.04 Å². The number of nitrogens with one attached hydrogen (secondary N) is 3. The Morgan fingerprint density at radius 3 is 2.44 bits per heavy atom. The maximum atomic E-state index is 12.5. The fourth-order valence-corrected chi connectivity index (χ4v) is 3.10. The van der Waals surface area contributed by atoms with Gasteiger partial charge < -0.3 is 5.32 Å². The Kier molecular flexibility index (Phi) is 8.28. The van der Waals surface area contributed by atoms with Gasteiger partial charge in [-0.2, -0.15) is 11.8 Å². The molecule has 0 aliphatic heterocycles. The van der Waals surface area contributed by atoms with Crippen molar-refractivity contribution in [1.82, 2.24) is 21.2 Å². The van der Waals surface area contributed by atoms with E-state index in [1.165, 1.54) is 24.5 Å². The number of carbonyl (C=O) groups excluding carboxylic acids is 3. The van der Waals surface area contributed by atoms with Crippen molar-refractivity contribution in [3.63, 3.8) is 0 Å². The molecule has 0 saturated heterocycles. The van der Waals surface area contributed by atoms with Crippen LogP contribution in [0.2, 0.25) is 0 Å². The maximum Gasteiger partial charge on any atom is 0.269 e. The lowest BCUT2D eigenvalue weighted by Crippen LogP contribution is -2.52. The first kappa shape index (κ1) is 20.9. The molecule has 2 aromatic rings. The highest BCUT2D eigenvalue weighted by Crippen LogP contribution is 2.16. The molecular weight excluding hydrogens is 432 g/mol. The van der Waals surface area contributed by atoms with Gasteiger partial charge in [-0.05, 0) is 58.6 Å². The fourth-order valence-electron chi connectivity index (χ4n) is 2.17. The minimum Gasteiger partial charge on any atom is -0.340 e. The summed E-state index contributed by atoms with van der Waals surface area (Å²) in [4.78, 5) is 40.8. The highest BCUT2D eigenvalue weighted by molar-refractivity contribution is 9.10. The second-order valence-corrected chi connectivity index (χ2v) is 7.31. The zero-order valence-corrected chi connectivity index (χ0v) is 17.0. The van der Waals surface area contributed by atoms with E-state index < -0.39 is 17.9 Å². The summed E-state index contributed by atoms with van der Waals surface area (Å²) in [6.45, 7) is 0. The molecular formula is C18H19BrN4O3S. The maximum absolute atomic E-state index is 12.5. The molecule has 1 atom stereocenters. The quantitative estimate of drug-likeness (QED) is 0.561. The molecule has 27 heavy (non-hydrogen) atoms. The molecule has 142 valence electrons. The van der Waals surface area contributed by atoms with Gasteiger partial charge >= 0.3 is 0 Å². The van der Waals surface area contributed by atoms with E-state index in [0.29, 0.717) is 27.8 Å². The zero-order chi connectivity index (χ0) is 19.6. The number of hydrazine groups is 1. The number of rotatable bonds is 7. The van der Waals surface area contributed by atoms with Gasteiger partial charge in [-0.15, -0.1) is 0 Å². The number of benzene rings is 1. The molecule has 3 N–H and O–H groups in total. The lowest BCUT2D eigenvalue weighted by Gasteiger charge is -2.19. The van der Waals surface area contributed by atoms with Crippen LogP contribution in [0.1, 0.15) is 27.1 Å². The summed E-state index contributed by atoms with van der Waals surface area (Å²) in [5, 5.41) is 2.72. The molecule has 0 fully saturated rings. The van der Waals surface area contributed by atoms with Crippen molar-refractivity contribution < 1.29 is 14.4 Å². The van der Waals surface area contributed by atoms with E-state index in [4.69, 9.17) is 0 Å². The normalized spacial score (nSPS) is 11.3. The monoisotopic (exact) mass is 450 g/mol. The van der Waals surface area contributed by atoms with Crippen LogP contribution in [0, 0.1) is 0 Å². The third-order valence-electron chi connectivity index (χ3n) is 3.59. The van der Waals surface area contributed by atoms with Crippen LogP contribution in [0.25, 0.3) is 0 Å². The number of thioether (sulfide) groups is 1. The van der Waals surface area contributed by atoms with Crippen LogP contribution in [-0.4, -0.2) is 40.8 Å². The predicted molar refractivity (Wildman–Crippen MR) is 108 cm³/mol. The topological polar surface area (TPSA) is 100 Å². The van der Waals surface area contributed by atoms with Crippen LogP contribution >= 0.6 is 27.7 Å². The SMILES string of the molecule is CSCC[C@@H](NC(=O)c1ccccc1Br)C(=O)NNC(=O)c1ccncc1. The molecule has 0 radical (unpaired) electrons. The highest BCUT2D eigenvalue weighted by Gasteiger charge is 2.22. The number of hydrogen-bond donors (Lipinski definition) is 3. The Hall–Kier alpha value is -2.39. The largest absolute Gasteiger partial charge is 0.340 e. The average Bonchev–Trinajstić information content (AvgIpc) is 2.69. The summed E-state index contributed by atoms with van der Waals surface area (Å²) in [6, 6.07) is 9.23. The van der Waals surface area contributed by atoms with Crippen LogP contribution in [0.15, 0.2) is 53.3 Å². The molecule has 0 unspecified atom stereocenters. The number of hydrogen-bond acceptors (Lipinski definition) is 5. The van der Waals surface area contributed by atoms with Crippen molar-refractivity contribution in [1.29, 1.82) is 0 Å². The Bertz CT molecular complexity index is 804. The summed E-state index contributed by atoms with van der Waals surface area (Å²) < 4.78 is 0.637. The van der Waals surface area contributed by atoms with Crippen LogP contribution in [-0.2, 0) is 4.79 Å². The predicted octanol–water partition coefficient (Wildman–Crippen LogP) is 2.16. The van der Waals surface area contributed by atoms with E-state index >= 15 is 0 Å². The van der Waals surface area contributed by atoms with Gasteiger partial charge in [0.15, 0.2) is 0 Å². The van der Waals surface area contributed by atoms with E-state index in [1.54, 1.807) is 36.0 Å². The molecule has 2 rings (SSSR count). The van der Waals surface area contributed by atoms with E-state index in [2.05, 4.69) is 37.1 Å². The number of nitrogens with zero attached hydrogens (tertiary/aromatic N) is 1. The highest BCUT2D eigenvalue weighted by atomic mass is 79.9. The number of halogens is 1. The summed E-state index contributed by atoms with van der Waals surface area (Å²) in [5.41, 5.74) is 5.51. The minimum absolute atomic E-state index is 0.364. The van der Waals surface area contributed by atoms with Crippen LogP contribution in [0.3, 0.4) is 0 Å². The van der Waals surface area contributed by atoms with Gasteiger partial charge in [-0.1, -0.05) is 12.1 Å². The van der Waals surface area contributed by atoms with Crippen molar-refractivity contribution in [3.05, 3.63) is 64.4 Å².